The molecule has 0 spiro atoms. The van der Waals surface area contributed by atoms with Crippen LogP contribution in [-0.4, -0.2) is 34.3 Å². The summed E-state index contributed by atoms with van der Waals surface area (Å²) in [4.78, 5) is 13.3. The number of anilines is 1. The summed E-state index contributed by atoms with van der Waals surface area (Å²) < 4.78 is 0. The zero-order valence-corrected chi connectivity index (χ0v) is 14.9. The van der Waals surface area contributed by atoms with Gasteiger partial charge in [-0.1, -0.05) is 30.3 Å². The van der Waals surface area contributed by atoms with Crippen LogP contribution in [0.2, 0.25) is 0 Å². The molecule has 4 nitrogen and oxygen atoms in total. The number of aliphatic hydroxyl groups excluding tert-OH is 1. The molecule has 3 aromatic rings. The van der Waals surface area contributed by atoms with Crippen LogP contribution in [0.5, 0.6) is 0 Å². The molecule has 1 atom stereocenters. The van der Waals surface area contributed by atoms with Gasteiger partial charge in [-0.25, -0.2) is 9.97 Å². The maximum atomic E-state index is 9.82. The molecule has 1 aromatic carbocycles. The smallest absolute Gasteiger partial charge is 0.142 e. The zero-order valence-electron chi connectivity index (χ0n) is 14.1. The van der Waals surface area contributed by atoms with Crippen molar-refractivity contribution in [2.45, 2.75) is 37.6 Å². The van der Waals surface area contributed by atoms with E-state index in [4.69, 9.17) is 9.97 Å². The van der Waals surface area contributed by atoms with Crippen LogP contribution in [0.1, 0.15) is 37.4 Å². The van der Waals surface area contributed by atoms with E-state index in [1.54, 1.807) is 11.3 Å². The number of fused-ring (bicyclic) bond motifs is 1. The molecule has 2 aliphatic rings. The molecule has 1 saturated heterocycles. The molecule has 5 heteroatoms. The van der Waals surface area contributed by atoms with Gasteiger partial charge in [-0.2, -0.15) is 0 Å². The van der Waals surface area contributed by atoms with Crippen molar-refractivity contribution in [3.8, 4) is 11.1 Å². The second-order valence-electron chi connectivity index (χ2n) is 7.05. The van der Waals surface area contributed by atoms with Crippen molar-refractivity contribution in [3.63, 3.8) is 0 Å². The van der Waals surface area contributed by atoms with E-state index in [0.29, 0.717) is 5.92 Å². The Morgan fingerprint density at radius 1 is 1.12 bits per heavy atom. The zero-order chi connectivity index (χ0) is 16.8. The van der Waals surface area contributed by atoms with Crippen molar-refractivity contribution in [1.29, 1.82) is 0 Å². The fourth-order valence-corrected chi connectivity index (χ4v) is 4.75. The molecule has 1 saturated carbocycles. The standard InChI is InChI=1S/C20H21N3OS/c24-11-15-7-4-10-23(15)19-17-16(13-5-2-1-3-6-13)12-25-20(17)22-18(21-19)14-8-9-14/h1-3,5-6,12,14-15,24H,4,7-11H2/t15-/m1/s1. The highest BCUT2D eigenvalue weighted by Gasteiger charge is 2.32. The fraction of sp³-hybridized carbons (Fsp3) is 0.400. The summed E-state index contributed by atoms with van der Waals surface area (Å²) in [5.41, 5.74) is 2.42. The van der Waals surface area contributed by atoms with E-state index >= 15 is 0 Å². The number of rotatable bonds is 4. The van der Waals surface area contributed by atoms with Gasteiger partial charge in [0.2, 0.25) is 0 Å². The Hall–Kier alpha value is -1.98. The van der Waals surface area contributed by atoms with Crippen molar-refractivity contribution in [2.75, 3.05) is 18.1 Å². The molecule has 1 aliphatic carbocycles. The van der Waals surface area contributed by atoms with Gasteiger partial charge >= 0.3 is 0 Å². The van der Waals surface area contributed by atoms with Gasteiger partial charge in [-0.05, 0) is 31.2 Å². The predicted octanol–water partition coefficient (Wildman–Crippen LogP) is 4.20. The van der Waals surface area contributed by atoms with Gasteiger partial charge in [0.25, 0.3) is 0 Å². The highest BCUT2D eigenvalue weighted by atomic mass is 32.1. The van der Waals surface area contributed by atoms with Gasteiger partial charge < -0.3 is 10.0 Å². The molecule has 1 N–H and O–H groups in total. The third-order valence-electron chi connectivity index (χ3n) is 5.32. The van der Waals surface area contributed by atoms with Crippen LogP contribution in [0.15, 0.2) is 35.7 Å². The molecule has 2 fully saturated rings. The Kier molecular flexibility index (Phi) is 3.71. The molecule has 0 bridgehead atoms. The molecule has 2 aromatic heterocycles. The highest BCUT2D eigenvalue weighted by molar-refractivity contribution is 7.17. The number of aromatic nitrogens is 2. The minimum Gasteiger partial charge on any atom is -0.394 e. The Morgan fingerprint density at radius 3 is 2.72 bits per heavy atom. The lowest BCUT2D eigenvalue weighted by atomic mass is 10.1. The minimum absolute atomic E-state index is 0.175. The van der Waals surface area contributed by atoms with E-state index < -0.39 is 0 Å². The lowest BCUT2D eigenvalue weighted by Crippen LogP contribution is -2.33. The Labute approximate surface area is 151 Å². The Morgan fingerprint density at radius 2 is 1.96 bits per heavy atom. The lowest BCUT2D eigenvalue weighted by Gasteiger charge is -2.25. The molecule has 128 valence electrons. The molecule has 0 unspecified atom stereocenters. The molecule has 3 heterocycles. The van der Waals surface area contributed by atoms with Crippen molar-refractivity contribution in [2.24, 2.45) is 0 Å². The lowest BCUT2D eigenvalue weighted by molar-refractivity contribution is 0.266. The van der Waals surface area contributed by atoms with Gasteiger partial charge in [0.05, 0.1) is 18.0 Å². The van der Waals surface area contributed by atoms with E-state index in [1.165, 1.54) is 24.0 Å². The van der Waals surface area contributed by atoms with Crippen LogP contribution in [-0.2, 0) is 0 Å². The number of aliphatic hydroxyl groups is 1. The number of benzene rings is 1. The first-order chi connectivity index (χ1) is 12.3. The average Bonchev–Trinajstić information content (AvgIpc) is 3.25. The van der Waals surface area contributed by atoms with Gasteiger partial charge in [0.1, 0.15) is 16.5 Å². The Bertz CT molecular complexity index is 904. The van der Waals surface area contributed by atoms with E-state index in [-0.39, 0.29) is 12.6 Å². The summed E-state index contributed by atoms with van der Waals surface area (Å²) in [6, 6.07) is 10.7. The van der Waals surface area contributed by atoms with E-state index in [1.807, 2.05) is 6.07 Å². The number of hydrogen-bond acceptors (Lipinski definition) is 5. The number of thiophene rings is 1. The van der Waals surface area contributed by atoms with Crippen LogP contribution < -0.4 is 4.90 Å². The van der Waals surface area contributed by atoms with E-state index in [0.717, 1.165) is 41.2 Å². The van der Waals surface area contributed by atoms with Crippen LogP contribution in [0.25, 0.3) is 21.3 Å². The SMILES string of the molecule is OC[C@H]1CCCN1c1nc(C2CC2)nc2scc(-c3ccccc3)c12. The van der Waals surface area contributed by atoms with Crippen LogP contribution in [0, 0.1) is 0 Å². The van der Waals surface area contributed by atoms with Gasteiger partial charge in [0, 0.05) is 23.4 Å². The minimum atomic E-state index is 0.175. The van der Waals surface area contributed by atoms with Crippen molar-refractivity contribution in [1.82, 2.24) is 9.97 Å². The van der Waals surface area contributed by atoms with Gasteiger partial charge in [-0.15, -0.1) is 11.3 Å². The quantitative estimate of drug-likeness (QED) is 0.765. The predicted molar refractivity (Wildman–Crippen MR) is 102 cm³/mol. The first-order valence-corrected chi connectivity index (χ1v) is 9.95. The summed E-state index contributed by atoms with van der Waals surface area (Å²) in [7, 11) is 0. The monoisotopic (exact) mass is 351 g/mol. The first-order valence-electron chi connectivity index (χ1n) is 9.07. The number of nitrogens with zero attached hydrogens (tertiary/aromatic N) is 3. The van der Waals surface area contributed by atoms with Gasteiger partial charge in [-0.3, -0.25) is 0 Å². The molecular weight excluding hydrogens is 330 g/mol. The normalized spacial score (nSPS) is 20.5. The topological polar surface area (TPSA) is 49.2 Å². The maximum Gasteiger partial charge on any atom is 0.142 e. The first kappa shape index (κ1) is 15.3. The molecule has 5 rings (SSSR count). The second-order valence-corrected chi connectivity index (χ2v) is 7.91. The summed E-state index contributed by atoms with van der Waals surface area (Å²) in [5, 5.41) is 13.2. The fourth-order valence-electron chi connectivity index (χ4n) is 3.81. The number of hydrogen-bond donors (Lipinski definition) is 1. The molecular formula is C20H21N3OS. The summed E-state index contributed by atoms with van der Waals surface area (Å²) >= 11 is 1.71. The third kappa shape index (κ3) is 2.62. The van der Waals surface area contributed by atoms with E-state index in [2.05, 4.69) is 34.5 Å². The molecule has 25 heavy (non-hydrogen) atoms. The summed E-state index contributed by atoms with van der Waals surface area (Å²) in [6.07, 6.45) is 4.54. The van der Waals surface area contributed by atoms with E-state index in [9.17, 15) is 5.11 Å². The highest BCUT2D eigenvalue weighted by Crippen LogP contribution is 2.44. The Balaban J connectivity index is 1.73. The van der Waals surface area contributed by atoms with Gasteiger partial charge in [0.15, 0.2) is 0 Å². The molecule has 0 amide bonds. The van der Waals surface area contributed by atoms with Crippen molar-refractivity contribution >= 4 is 27.4 Å². The van der Waals surface area contributed by atoms with Crippen LogP contribution in [0.3, 0.4) is 0 Å². The molecule has 1 aliphatic heterocycles. The average molecular weight is 351 g/mol. The second kappa shape index (κ2) is 6.07. The summed E-state index contributed by atoms with van der Waals surface area (Å²) in [6.45, 7) is 1.15. The van der Waals surface area contributed by atoms with Crippen LogP contribution >= 0.6 is 11.3 Å². The van der Waals surface area contributed by atoms with Crippen molar-refractivity contribution in [3.05, 3.63) is 41.5 Å². The summed E-state index contributed by atoms with van der Waals surface area (Å²) in [5.74, 6) is 2.55. The van der Waals surface area contributed by atoms with Crippen LogP contribution in [0.4, 0.5) is 5.82 Å². The van der Waals surface area contributed by atoms with Crippen molar-refractivity contribution < 1.29 is 5.11 Å². The largest absolute Gasteiger partial charge is 0.394 e. The molecule has 0 radical (unpaired) electrons. The maximum absolute atomic E-state index is 9.82. The third-order valence-corrected chi connectivity index (χ3v) is 6.19.